The van der Waals surface area contributed by atoms with Crippen LogP contribution in [0.5, 0.6) is 0 Å². The first-order chi connectivity index (χ1) is 11.0. The maximum Gasteiger partial charge on any atom is 0.0776 e. The zero-order valence-electron chi connectivity index (χ0n) is 14.1. The summed E-state index contributed by atoms with van der Waals surface area (Å²) in [6.45, 7) is 7.19. The number of rotatable bonds is 4. The third kappa shape index (κ3) is 3.77. The highest BCUT2D eigenvalue weighted by Gasteiger charge is 2.18. The standard InChI is InChI=1S/C21H23NSi/c1-23(2,3)19-12-13-20(21-11-7-8-14-22-21)18(16-19)15-17-9-5-4-6-10-17/h4-14,16H,15H2,1-3H3. The summed E-state index contributed by atoms with van der Waals surface area (Å²) in [6.07, 6.45) is 2.82. The van der Waals surface area contributed by atoms with E-state index in [4.69, 9.17) is 0 Å². The molecule has 0 aliphatic heterocycles. The van der Waals surface area contributed by atoms with Crippen LogP contribution in [0.3, 0.4) is 0 Å². The molecule has 0 bridgehead atoms. The molecule has 0 saturated heterocycles. The summed E-state index contributed by atoms with van der Waals surface area (Å²) in [7, 11) is -1.33. The first kappa shape index (κ1) is 15.7. The highest BCUT2D eigenvalue weighted by Crippen LogP contribution is 2.24. The molecular formula is C21H23NSi. The molecule has 0 radical (unpaired) electrons. The van der Waals surface area contributed by atoms with Crippen LogP contribution < -0.4 is 5.19 Å². The van der Waals surface area contributed by atoms with Gasteiger partial charge in [-0.3, -0.25) is 4.98 Å². The van der Waals surface area contributed by atoms with Gasteiger partial charge in [-0.2, -0.15) is 0 Å². The zero-order chi connectivity index (χ0) is 16.3. The molecule has 0 aliphatic carbocycles. The summed E-state index contributed by atoms with van der Waals surface area (Å²) >= 11 is 0. The van der Waals surface area contributed by atoms with Crippen LogP contribution in [0, 0.1) is 0 Å². The van der Waals surface area contributed by atoms with Gasteiger partial charge in [0, 0.05) is 11.8 Å². The maximum atomic E-state index is 4.55. The molecule has 0 atom stereocenters. The second kappa shape index (κ2) is 6.51. The summed E-state index contributed by atoms with van der Waals surface area (Å²) in [5.41, 5.74) is 5.02. The summed E-state index contributed by atoms with van der Waals surface area (Å²) in [6, 6.07) is 23.8. The van der Waals surface area contributed by atoms with Gasteiger partial charge in [0.05, 0.1) is 13.8 Å². The van der Waals surface area contributed by atoms with Gasteiger partial charge in [-0.1, -0.05) is 79.4 Å². The summed E-state index contributed by atoms with van der Waals surface area (Å²) in [5, 5.41) is 1.50. The molecule has 0 aliphatic rings. The number of nitrogens with zero attached hydrogens (tertiary/aromatic N) is 1. The first-order valence-corrected chi connectivity index (χ1v) is 11.6. The maximum absolute atomic E-state index is 4.55. The molecule has 2 heteroatoms. The van der Waals surface area contributed by atoms with Crippen molar-refractivity contribution in [3.05, 3.63) is 84.1 Å². The fraction of sp³-hybridized carbons (Fsp3) is 0.190. The summed E-state index contributed by atoms with van der Waals surface area (Å²) in [4.78, 5) is 4.55. The second-order valence-electron chi connectivity index (χ2n) is 7.00. The molecule has 1 aromatic heterocycles. The van der Waals surface area contributed by atoms with Gasteiger partial charge in [0.25, 0.3) is 0 Å². The predicted molar refractivity (Wildman–Crippen MR) is 102 cm³/mol. The van der Waals surface area contributed by atoms with Crippen molar-refractivity contribution >= 4 is 13.3 Å². The van der Waals surface area contributed by atoms with Gasteiger partial charge < -0.3 is 0 Å². The number of hydrogen-bond acceptors (Lipinski definition) is 1. The van der Waals surface area contributed by atoms with Crippen LogP contribution in [-0.2, 0) is 6.42 Å². The largest absolute Gasteiger partial charge is 0.256 e. The van der Waals surface area contributed by atoms with Crippen LogP contribution in [0.1, 0.15) is 11.1 Å². The topological polar surface area (TPSA) is 12.9 Å². The Morgan fingerprint density at radius 1 is 0.826 bits per heavy atom. The van der Waals surface area contributed by atoms with Crippen LogP contribution in [-0.4, -0.2) is 13.1 Å². The third-order valence-corrected chi connectivity index (χ3v) is 6.19. The van der Waals surface area contributed by atoms with Crippen LogP contribution in [0.25, 0.3) is 11.3 Å². The van der Waals surface area contributed by atoms with E-state index in [0.717, 1.165) is 12.1 Å². The lowest BCUT2D eigenvalue weighted by Gasteiger charge is -2.20. The molecule has 0 spiro atoms. The van der Waals surface area contributed by atoms with E-state index in [9.17, 15) is 0 Å². The van der Waals surface area contributed by atoms with Crippen LogP contribution >= 0.6 is 0 Å². The average molecular weight is 318 g/mol. The first-order valence-electron chi connectivity index (χ1n) is 8.13. The van der Waals surface area contributed by atoms with E-state index < -0.39 is 8.07 Å². The van der Waals surface area contributed by atoms with E-state index in [-0.39, 0.29) is 0 Å². The monoisotopic (exact) mass is 317 g/mol. The summed E-state index contributed by atoms with van der Waals surface area (Å²) in [5.74, 6) is 0. The van der Waals surface area contributed by atoms with E-state index >= 15 is 0 Å². The molecule has 2 aromatic carbocycles. The molecule has 0 amide bonds. The smallest absolute Gasteiger partial charge is 0.0776 e. The number of aromatic nitrogens is 1. The average Bonchev–Trinajstić information content (AvgIpc) is 2.56. The molecule has 0 unspecified atom stereocenters. The second-order valence-corrected chi connectivity index (χ2v) is 12.1. The molecule has 116 valence electrons. The predicted octanol–water partition coefficient (Wildman–Crippen LogP) is 4.88. The number of pyridine rings is 1. The molecule has 1 nitrogen and oxygen atoms in total. The molecule has 3 rings (SSSR count). The normalized spacial score (nSPS) is 11.4. The van der Waals surface area contributed by atoms with Gasteiger partial charge >= 0.3 is 0 Å². The molecule has 0 N–H and O–H groups in total. The van der Waals surface area contributed by atoms with E-state index in [1.807, 2.05) is 12.3 Å². The Morgan fingerprint density at radius 2 is 1.57 bits per heavy atom. The van der Waals surface area contributed by atoms with Gasteiger partial charge in [-0.25, -0.2) is 0 Å². The Hall–Kier alpha value is -2.19. The van der Waals surface area contributed by atoms with Crippen LogP contribution in [0.2, 0.25) is 19.6 Å². The summed E-state index contributed by atoms with van der Waals surface area (Å²) < 4.78 is 0. The minimum absolute atomic E-state index is 0.949. The molecule has 23 heavy (non-hydrogen) atoms. The SMILES string of the molecule is C[Si](C)(C)c1ccc(-c2ccccn2)c(Cc2ccccc2)c1. The molecule has 0 saturated carbocycles. The van der Waals surface area contributed by atoms with Crippen molar-refractivity contribution < 1.29 is 0 Å². The van der Waals surface area contributed by atoms with Crippen molar-refractivity contribution in [2.24, 2.45) is 0 Å². The van der Waals surface area contributed by atoms with Crippen molar-refractivity contribution in [1.82, 2.24) is 4.98 Å². The lowest BCUT2D eigenvalue weighted by Crippen LogP contribution is -2.37. The highest BCUT2D eigenvalue weighted by molar-refractivity contribution is 6.88. The van der Waals surface area contributed by atoms with Crippen LogP contribution in [0.15, 0.2) is 72.9 Å². The van der Waals surface area contributed by atoms with Crippen molar-refractivity contribution in [3.8, 4) is 11.3 Å². The lowest BCUT2D eigenvalue weighted by atomic mass is 9.97. The molecular weight excluding hydrogens is 294 g/mol. The zero-order valence-corrected chi connectivity index (χ0v) is 15.1. The molecule has 1 heterocycles. The van der Waals surface area contributed by atoms with E-state index in [1.165, 1.54) is 21.9 Å². The number of benzene rings is 2. The van der Waals surface area contributed by atoms with Gasteiger partial charge in [0.15, 0.2) is 0 Å². The quantitative estimate of drug-likeness (QED) is 0.625. The van der Waals surface area contributed by atoms with Gasteiger partial charge in [0.2, 0.25) is 0 Å². The van der Waals surface area contributed by atoms with Gasteiger partial charge in [-0.15, -0.1) is 0 Å². The number of hydrogen-bond donors (Lipinski definition) is 0. The van der Waals surface area contributed by atoms with Gasteiger partial charge in [0.1, 0.15) is 0 Å². The lowest BCUT2D eigenvalue weighted by molar-refractivity contribution is 1.18. The minimum atomic E-state index is -1.33. The fourth-order valence-electron chi connectivity index (χ4n) is 2.79. The van der Waals surface area contributed by atoms with Crippen molar-refractivity contribution in [3.63, 3.8) is 0 Å². The van der Waals surface area contributed by atoms with Crippen molar-refractivity contribution in [2.75, 3.05) is 0 Å². The Kier molecular flexibility index (Phi) is 4.44. The van der Waals surface area contributed by atoms with Crippen molar-refractivity contribution in [2.45, 2.75) is 26.1 Å². The fourth-order valence-corrected chi connectivity index (χ4v) is 3.98. The molecule has 3 aromatic rings. The Bertz CT molecular complexity index is 774. The Morgan fingerprint density at radius 3 is 2.22 bits per heavy atom. The van der Waals surface area contributed by atoms with Gasteiger partial charge in [-0.05, 0) is 29.7 Å². The Labute approximate surface area is 140 Å². The van der Waals surface area contributed by atoms with Crippen LogP contribution in [0.4, 0.5) is 0 Å². The van der Waals surface area contributed by atoms with E-state index in [0.29, 0.717) is 0 Å². The van der Waals surface area contributed by atoms with E-state index in [2.05, 4.69) is 85.3 Å². The Balaban J connectivity index is 2.08. The van der Waals surface area contributed by atoms with Crippen molar-refractivity contribution in [1.29, 1.82) is 0 Å². The third-order valence-electron chi connectivity index (χ3n) is 4.15. The molecule has 0 fully saturated rings. The van der Waals surface area contributed by atoms with E-state index in [1.54, 1.807) is 0 Å². The highest BCUT2D eigenvalue weighted by atomic mass is 28.3. The minimum Gasteiger partial charge on any atom is -0.256 e.